The number of fused-ring (bicyclic) bond motifs is 4. The van der Waals surface area contributed by atoms with Crippen molar-refractivity contribution in [3.8, 4) is 0 Å². The van der Waals surface area contributed by atoms with E-state index in [1.54, 1.807) is 0 Å². The standard InChI is InChI=1S/C21H20/c1-19(2)20(15-9-5-3-6-10-15)17-13-14-18(17)21(19,20)16-11-7-4-8-12-16/h3-14,17-18H,1-2H3/t17-,18-,20+,21+/m0/s1. The Balaban J connectivity index is 1.78. The number of hydrogen-bond acceptors (Lipinski definition) is 0. The van der Waals surface area contributed by atoms with Gasteiger partial charge in [-0.3, -0.25) is 0 Å². The topological polar surface area (TPSA) is 0 Å². The summed E-state index contributed by atoms with van der Waals surface area (Å²) in [4.78, 5) is 0. The van der Waals surface area contributed by atoms with Crippen molar-refractivity contribution >= 4 is 0 Å². The molecule has 0 amide bonds. The van der Waals surface area contributed by atoms with E-state index in [0.29, 0.717) is 16.2 Å². The van der Waals surface area contributed by atoms with Gasteiger partial charge in [-0.15, -0.1) is 0 Å². The van der Waals surface area contributed by atoms with Crippen LogP contribution in [0.5, 0.6) is 0 Å². The van der Waals surface area contributed by atoms with Crippen LogP contribution in [0.25, 0.3) is 0 Å². The normalized spacial score (nSPS) is 40.5. The van der Waals surface area contributed by atoms with Crippen LogP contribution in [-0.4, -0.2) is 0 Å². The summed E-state index contributed by atoms with van der Waals surface area (Å²) in [5.74, 6) is 1.46. The Morgan fingerprint density at radius 1 is 0.619 bits per heavy atom. The predicted molar refractivity (Wildman–Crippen MR) is 86.1 cm³/mol. The van der Waals surface area contributed by atoms with Gasteiger partial charge >= 0.3 is 0 Å². The van der Waals surface area contributed by atoms with E-state index in [0.717, 1.165) is 11.8 Å². The first-order valence-corrected chi connectivity index (χ1v) is 7.98. The zero-order valence-electron chi connectivity index (χ0n) is 12.6. The Hall–Kier alpha value is -1.82. The molecule has 2 saturated carbocycles. The SMILES string of the molecule is CC1(C)[C@@]2(c3ccccc3)[C@H]3C=C[C@@H]3[C@]12c1ccccc1. The molecular weight excluding hydrogens is 252 g/mol. The predicted octanol–water partition coefficient (Wildman–Crippen LogP) is 4.72. The molecule has 2 aromatic carbocycles. The first-order chi connectivity index (χ1) is 10.2. The molecule has 104 valence electrons. The van der Waals surface area contributed by atoms with Gasteiger partial charge in [0.2, 0.25) is 0 Å². The first kappa shape index (κ1) is 11.8. The quantitative estimate of drug-likeness (QED) is 0.694. The van der Waals surface area contributed by atoms with E-state index in [-0.39, 0.29) is 0 Å². The Bertz CT molecular complexity index is 677. The fourth-order valence-corrected chi connectivity index (χ4v) is 6.33. The monoisotopic (exact) mass is 272 g/mol. The minimum absolute atomic E-state index is 0.308. The van der Waals surface area contributed by atoms with Gasteiger partial charge in [-0.2, -0.15) is 0 Å². The number of benzene rings is 2. The molecule has 3 aliphatic carbocycles. The Kier molecular flexibility index (Phi) is 1.87. The maximum Gasteiger partial charge on any atom is 0.0190 e. The maximum atomic E-state index is 2.48. The molecule has 0 heteroatoms. The van der Waals surface area contributed by atoms with E-state index in [9.17, 15) is 0 Å². The third kappa shape index (κ3) is 0.914. The van der Waals surface area contributed by atoms with E-state index < -0.39 is 0 Å². The third-order valence-corrected chi connectivity index (χ3v) is 6.90. The summed E-state index contributed by atoms with van der Waals surface area (Å²) in [5, 5.41) is 0. The Morgan fingerprint density at radius 3 is 1.33 bits per heavy atom. The van der Waals surface area contributed by atoms with E-state index in [1.165, 1.54) is 11.1 Å². The van der Waals surface area contributed by atoms with Crippen LogP contribution in [0.3, 0.4) is 0 Å². The van der Waals surface area contributed by atoms with Crippen molar-refractivity contribution in [2.24, 2.45) is 17.3 Å². The Labute approximate surface area is 126 Å². The van der Waals surface area contributed by atoms with E-state index in [1.807, 2.05) is 0 Å². The lowest BCUT2D eigenvalue weighted by Gasteiger charge is -2.54. The minimum atomic E-state index is 0.308. The van der Waals surface area contributed by atoms with Gasteiger partial charge in [-0.1, -0.05) is 86.7 Å². The molecule has 0 N–H and O–H groups in total. The molecule has 0 heterocycles. The van der Waals surface area contributed by atoms with Crippen LogP contribution in [0.1, 0.15) is 25.0 Å². The zero-order chi connectivity index (χ0) is 14.3. The summed E-state index contributed by atoms with van der Waals surface area (Å²) < 4.78 is 0. The highest BCUT2D eigenvalue weighted by Gasteiger charge is 2.95. The zero-order valence-corrected chi connectivity index (χ0v) is 12.6. The van der Waals surface area contributed by atoms with Gasteiger partial charge in [0.25, 0.3) is 0 Å². The van der Waals surface area contributed by atoms with E-state index >= 15 is 0 Å². The van der Waals surface area contributed by atoms with Crippen molar-refractivity contribution in [1.29, 1.82) is 0 Å². The summed E-state index contributed by atoms with van der Waals surface area (Å²) in [6, 6.07) is 22.4. The Morgan fingerprint density at radius 2 is 1.00 bits per heavy atom. The van der Waals surface area contributed by atoms with Crippen molar-refractivity contribution in [3.63, 3.8) is 0 Å². The average Bonchev–Trinajstić information content (AvgIpc) is 2.88. The van der Waals surface area contributed by atoms with Crippen molar-refractivity contribution < 1.29 is 0 Å². The fourth-order valence-electron chi connectivity index (χ4n) is 6.33. The largest absolute Gasteiger partial charge is 0.0835 e. The number of hydrogen-bond donors (Lipinski definition) is 0. The van der Waals surface area contributed by atoms with Crippen LogP contribution in [-0.2, 0) is 10.8 Å². The molecular formula is C21H20. The van der Waals surface area contributed by atoms with Crippen molar-refractivity contribution in [1.82, 2.24) is 0 Å². The molecule has 0 spiro atoms. The molecule has 5 rings (SSSR count). The van der Waals surface area contributed by atoms with Crippen LogP contribution in [0.4, 0.5) is 0 Å². The van der Waals surface area contributed by atoms with Gasteiger partial charge in [0.1, 0.15) is 0 Å². The van der Waals surface area contributed by atoms with Crippen LogP contribution in [0.2, 0.25) is 0 Å². The molecule has 0 nitrogen and oxygen atoms in total. The highest BCUT2D eigenvalue weighted by Crippen LogP contribution is 2.94. The van der Waals surface area contributed by atoms with Crippen LogP contribution in [0, 0.1) is 17.3 Å². The summed E-state index contributed by atoms with van der Waals surface area (Å²) in [6.45, 7) is 4.96. The first-order valence-electron chi connectivity index (χ1n) is 7.98. The van der Waals surface area contributed by atoms with Gasteiger partial charge in [-0.05, 0) is 28.4 Å². The van der Waals surface area contributed by atoms with Crippen molar-refractivity contribution in [2.75, 3.05) is 0 Å². The summed E-state index contributed by atoms with van der Waals surface area (Å²) >= 11 is 0. The molecule has 0 radical (unpaired) electrons. The third-order valence-electron chi connectivity index (χ3n) is 6.90. The second-order valence-electron chi connectivity index (χ2n) is 7.41. The van der Waals surface area contributed by atoms with Crippen LogP contribution in [0.15, 0.2) is 72.8 Å². The van der Waals surface area contributed by atoms with Crippen molar-refractivity contribution in [3.05, 3.63) is 83.9 Å². The molecule has 21 heavy (non-hydrogen) atoms. The molecule has 0 saturated heterocycles. The van der Waals surface area contributed by atoms with Gasteiger partial charge in [0.15, 0.2) is 0 Å². The van der Waals surface area contributed by atoms with Crippen molar-refractivity contribution in [2.45, 2.75) is 24.7 Å². The smallest absolute Gasteiger partial charge is 0.0190 e. The average molecular weight is 272 g/mol. The number of rotatable bonds is 2. The highest BCUT2D eigenvalue weighted by atomic mass is 15.0. The highest BCUT2D eigenvalue weighted by molar-refractivity contribution is 5.68. The molecule has 3 aliphatic rings. The summed E-state index contributed by atoms with van der Waals surface area (Å²) in [6.07, 6.45) is 4.90. The molecule has 0 bridgehead atoms. The molecule has 4 atom stereocenters. The minimum Gasteiger partial charge on any atom is -0.0835 e. The molecule has 2 aromatic rings. The van der Waals surface area contributed by atoms with Gasteiger partial charge < -0.3 is 0 Å². The molecule has 0 aliphatic heterocycles. The van der Waals surface area contributed by atoms with E-state index in [2.05, 4.69) is 86.7 Å². The maximum absolute atomic E-state index is 2.48. The second-order valence-corrected chi connectivity index (χ2v) is 7.41. The number of allylic oxidation sites excluding steroid dienone is 2. The van der Waals surface area contributed by atoms with Gasteiger partial charge in [-0.25, -0.2) is 0 Å². The fraction of sp³-hybridized carbons (Fsp3) is 0.333. The molecule has 2 fully saturated rings. The molecule has 0 aromatic heterocycles. The molecule has 0 unspecified atom stereocenters. The van der Waals surface area contributed by atoms with Crippen LogP contribution >= 0.6 is 0 Å². The van der Waals surface area contributed by atoms with Crippen LogP contribution < -0.4 is 0 Å². The second kappa shape index (κ2) is 3.32. The van der Waals surface area contributed by atoms with Gasteiger partial charge in [0.05, 0.1) is 0 Å². The van der Waals surface area contributed by atoms with Gasteiger partial charge in [0, 0.05) is 10.8 Å². The lowest BCUT2D eigenvalue weighted by atomic mass is 9.48. The summed E-state index contributed by atoms with van der Waals surface area (Å²) in [7, 11) is 0. The lowest BCUT2D eigenvalue weighted by Crippen LogP contribution is -2.54. The van der Waals surface area contributed by atoms with E-state index in [4.69, 9.17) is 0 Å². The summed E-state index contributed by atoms with van der Waals surface area (Å²) in [5.41, 5.74) is 4.00. The lowest BCUT2D eigenvalue weighted by molar-refractivity contribution is 0.143.